The van der Waals surface area contributed by atoms with E-state index < -0.39 is 11.6 Å². The maximum absolute atomic E-state index is 12.4. The maximum atomic E-state index is 12.4. The van der Waals surface area contributed by atoms with Crippen LogP contribution in [0.4, 0.5) is 4.79 Å². The van der Waals surface area contributed by atoms with Gasteiger partial charge in [0.05, 0.1) is 0 Å². The summed E-state index contributed by atoms with van der Waals surface area (Å²) >= 11 is 1.65. The van der Waals surface area contributed by atoms with E-state index >= 15 is 0 Å². The van der Waals surface area contributed by atoms with E-state index in [9.17, 15) is 14.4 Å². The van der Waals surface area contributed by atoms with Crippen LogP contribution >= 0.6 is 11.8 Å². The van der Waals surface area contributed by atoms with Gasteiger partial charge in [0.1, 0.15) is 12.1 Å². The summed E-state index contributed by atoms with van der Waals surface area (Å²) in [5.74, 6) is 1.51. The predicted octanol–water partition coefficient (Wildman–Crippen LogP) is 1.35. The molecule has 0 bridgehead atoms. The van der Waals surface area contributed by atoms with Crippen LogP contribution in [0.2, 0.25) is 0 Å². The number of rotatable bonds is 6. The lowest BCUT2D eigenvalue weighted by atomic mass is 9.99. The van der Waals surface area contributed by atoms with Crippen molar-refractivity contribution in [1.82, 2.24) is 15.5 Å². The van der Waals surface area contributed by atoms with Gasteiger partial charge in [0, 0.05) is 11.8 Å². The summed E-state index contributed by atoms with van der Waals surface area (Å²) in [6.45, 7) is 6.03. The number of amides is 4. The van der Waals surface area contributed by atoms with E-state index in [-0.39, 0.29) is 24.4 Å². The van der Waals surface area contributed by atoms with E-state index in [0.717, 1.165) is 23.5 Å². The molecule has 2 saturated heterocycles. The van der Waals surface area contributed by atoms with Gasteiger partial charge in [0.2, 0.25) is 5.91 Å². The highest BCUT2D eigenvalue weighted by Crippen LogP contribution is 2.33. The van der Waals surface area contributed by atoms with Gasteiger partial charge < -0.3 is 10.6 Å². The first kappa shape index (κ1) is 17.1. The molecule has 4 amide bonds. The van der Waals surface area contributed by atoms with E-state index in [1.807, 2.05) is 6.92 Å². The van der Waals surface area contributed by atoms with Crippen LogP contribution in [0.5, 0.6) is 0 Å². The number of nitrogens with one attached hydrogen (secondary N) is 2. The molecule has 6 nitrogen and oxygen atoms in total. The first-order valence-corrected chi connectivity index (χ1v) is 9.01. The van der Waals surface area contributed by atoms with Crippen LogP contribution in [0, 0.1) is 5.92 Å². The third kappa shape index (κ3) is 3.74. The summed E-state index contributed by atoms with van der Waals surface area (Å²) in [4.78, 5) is 37.5. The largest absolute Gasteiger partial charge is 0.352 e. The van der Waals surface area contributed by atoms with Gasteiger partial charge in [-0.25, -0.2) is 4.79 Å². The molecule has 0 radical (unpaired) electrons. The monoisotopic (exact) mass is 327 g/mol. The van der Waals surface area contributed by atoms with Crippen LogP contribution in [0.25, 0.3) is 0 Å². The first-order valence-electron chi connectivity index (χ1n) is 7.85. The maximum Gasteiger partial charge on any atom is 0.325 e. The summed E-state index contributed by atoms with van der Waals surface area (Å²) in [6, 6.07) is -0.399. The molecular formula is C15H25N3O3S. The molecule has 7 heteroatoms. The Kier molecular flexibility index (Phi) is 5.36. The third-order valence-corrected chi connectivity index (χ3v) is 5.34. The van der Waals surface area contributed by atoms with E-state index in [1.165, 1.54) is 0 Å². The zero-order valence-corrected chi connectivity index (χ0v) is 14.3. The molecule has 0 aliphatic carbocycles. The topological polar surface area (TPSA) is 78.5 Å². The Hall–Kier alpha value is -1.24. The number of hydrogen-bond donors (Lipinski definition) is 2. The molecule has 22 heavy (non-hydrogen) atoms. The summed E-state index contributed by atoms with van der Waals surface area (Å²) < 4.78 is 0. The zero-order chi connectivity index (χ0) is 16.3. The van der Waals surface area contributed by atoms with E-state index in [0.29, 0.717) is 18.1 Å². The fraction of sp³-hybridized carbons (Fsp3) is 0.800. The lowest BCUT2D eigenvalue weighted by molar-refractivity contribution is -0.134. The molecule has 2 aliphatic rings. The molecule has 0 saturated carbocycles. The normalized spacial score (nSPS) is 25.9. The lowest BCUT2D eigenvalue weighted by Gasteiger charge is -2.20. The standard InChI is InChI=1S/C15H25N3O3S/c1-10(2)4-5-11(3)16-12(19)8-18-13(20)15(17-14(18)21)6-7-22-9-15/h10-11H,4-9H2,1-3H3,(H,16,19)(H,17,21)/t11-,15-/m1/s1. The SMILES string of the molecule is CC(C)CC[C@@H](C)NC(=O)CN1C(=O)N[C@@]2(CCSC2)C1=O. The quantitative estimate of drug-likeness (QED) is 0.722. The summed E-state index contributed by atoms with van der Waals surface area (Å²) in [5.41, 5.74) is -0.773. The molecule has 124 valence electrons. The van der Waals surface area contributed by atoms with Gasteiger partial charge in [-0.2, -0.15) is 11.8 Å². The summed E-state index contributed by atoms with van der Waals surface area (Å²) in [7, 11) is 0. The Labute approximate surface area is 135 Å². The van der Waals surface area contributed by atoms with Crippen molar-refractivity contribution in [2.24, 2.45) is 5.92 Å². The minimum Gasteiger partial charge on any atom is -0.352 e. The van der Waals surface area contributed by atoms with Crippen LogP contribution in [0.3, 0.4) is 0 Å². The molecular weight excluding hydrogens is 302 g/mol. The fourth-order valence-electron chi connectivity index (χ4n) is 2.77. The smallest absolute Gasteiger partial charge is 0.325 e. The number of nitrogens with zero attached hydrogens (tertiary/aromatic N) is 1. The van der Waals surface area contributed by atoms with Crippen molar-refractivity contribution < 1.29 is 14.4 Å². The number of thioether (sulfide) groups is 1. The van der Waals surface area contributed by atoms with E-state index in [4.69, 9.17) is 0 Å². The Balaban J connectivity index is 1.86. The molecule has 2 heterocycles. The van der Waals surface area contributed by atoms with Crippen molar-refractivity contribution >= 4 is 29.6 Å². The van der Waals surface area contributed by atoms with Gasteiger partial charge in [0.15, 0.2) is 0 Å². The molecule has 2 aliphatic heterocycles. The molecule has 2 rings (SSSR count). The molecule has 0 aromatic heterocycles. The van der Waals surface area contributed by atoms with Gasteiger partial charge in [-0.3, -0.25) is 14.5 Å². The second kappa shape index (κ2) is 6.89. The number of carbonyl (C=O) groups is 3. The highest BCUT2D eigenvalue weighted by molar-refractivity contribution is 7.99. The third-order valence-electron chi connectivity index (χ3n) is 4.15. The average molecular weight is 327 g/mol. The number of urea groups is 1. The highest BCUT2D eigenvalue weighted by Gasteiger charge is 2.53. The molecule has 2 atom stereocenters. The fourth-order valence-corrected chi connectivity index (χ4v) is 4.10. The van der Waals surface area contributed by atoms with Gasteiger partial charge in [-0.15, -0.1) is 0 Å². The number of hydrogen-bond acceptors (Lipinski definition) is 4. The van der Waals surface area contributed by atoms with E-state index in [1.54, 1.807) is 11.8 Å². The molecule has 0 unspecified atom stereocenters. The molecule has 0 aromatic carbocycles. The van der Waals surface area contributed by atoms with Crippen LogP contribution < -0.4 is 10.6 Å². The second-order valence-corrected chi connectivity index (χ2v) is 7.75. The zero-order valence-electron chi connectivity index (χ0n) is 13.5. The summed E-state index contributed by atoms with van der Waals surface area (Å²) in [5, 5.41) is 5.63. The lowest BCUT2D eigenvalue weighted by Crippen LogP contribution is -2.48. The van der Waals surface area contributed by atoms with Crippen LogP contribution in [0.15, 0.2) is 0 Å². The Morgan fingerprint density at radius 3 is 2.68 bits per heavy atom. The van der Waals surface area contributed by atoms with Crippen LogP contribution in [-0.2, 0) is 9.59 Å². The minimum atomic E-state index is -0.773. The first-order chi connectivity index (χ1) is 10.3. The Morgan fingerprint density at radius 1 is 1.36 bits per heavy atom. The van der Waals surface area contributed by atoms with Gasteiger partial charge in [-0.05, 0) is 37.9 Å². The van der Waals surface area contributed by atoms with Gasteiger partial charge >= 0.3 is 6.03 Å². The second-order valence-electron chi connectivity index (χ2n) is 6.65. The highest BCUT2D eigenvalue weighted by atomic mass is 32.2. The van der Waals surface area contributed by atoms with Crippen molar-refractivity contribution in [3.05, 3.63) is 0 Å². The summed E-state index contributed by atoms with van der Waals surface area (Å²) in [6.07, 6.45) is 2.57. The van der Waals surface area contributed by atoms with Gasteiger partial charge in [-0.1, -0.05) is 13.8 Å². The van der Waals surface area contributed by atoms with Crippen molar-refractivity contribution in [3.63, 3.8) is 0 Å². The van der Waals surface area contributed by atoms with Gasteiger partial charge in [0.25, 0.3) is 5.91 Å². The minimum absolute atomic E-state index is 0.0478. The van der Waals surface area contributed by atoms with Crippen LogP contribution in [0.1, 0.15) is 40.0 Å². The predicted molar refractivity (Wildman–Crippen MR) is 86.6 cm³/mol. The van der Waals surface area contributed by atoms with E-state index in [2.05, 4.69) is 24.5 Å². The van der Waals surface area contributed by atoms with Crippen molar-refractivity contribution in [2.45, 2.75) is 51.6 Å². The van der Waals surface area contributed by atoms with Crippen LogP contribution in [-0.4, -0.2) is 52.4 Å². The molecule has 2 fully saturated rings. The van der Waals surface area contributed by atoms with Crippen molar-refractivity contribution in [2.75, 3.05) is 18.1 Å². The number of imide groups is 1. The van der Waals surface area contributed by atoms with Crippen molar-refractivity contribution in [3.8, 4) is 0 Å². The Bertz CT molecular complexity index is 461. The molecule has 2 N–H and O–H groups in total. The number of carbonyl (C=O) groups excluding carboxylic acids is 3. The van der Waals surface area contributed by atoms with Crippen molar-refractivity contribution in [1.29, 1.82) is 0 Å². The molecule has 0 aromatic rings. The molecule has 1 spiro atoms. The Morgan fingerprint density at radius 2 is 2.09 bits per heavy atom. The average Bonchev–Trinajstić information content (AvgIpc) is 2.98.